The molecule has 0 saturated heterocycles. The number of aromatic amines is 1. The molecule has 1 aromatic carbocycles. The van der Waals surface area contributed by atoms with Crippen LogP contribution in [-0.4, -0.2) is 17.1 Å². The molecule has 0 unspecified atom stereocenters. The van der Waals surface area contributed by atoms with Gasteiger partial charge >= 0.3 is 0 Å². The molecule has 3 aromatic rings. The lowest BCUT2D eigenvalue weighted by molar-refractivity contribution is 0.414. The molecule has 0 bridgehead atoms. The average molecular weight is 346 g/mol. The molecule has 0 spiro atoms. The third-order valence-corrected chi connectivity index (χ3v) is 5.85. The van der Waals surface area contributed by atoms with Crippen molar-refractivity contribution in [1.29, 1.82) is 0 Å². The van der Waals surface area contributed by atoms with Crippen LogP contribution in [0.15, 0.2) is 29.1 Å². The molecular formula is C17H18N2O2S2. The van der Waals surface area contributed by atoms with Crippen molar-refractivity contribution in [3.63, 3.8) is 0 Å². The van der Waals surface area contributed by atoms with Crippen LogP contribution in [0.25, 0.3) is 10.2 Å². The van der Waals surface area contributed by atoms with E-state index in [9.17, 15) is 4.79 Å². The summed E-state index contributed by atoms with van der Waals surface area (Å²) in [4.78, 5) is 21.7. The van der Waals surface area contributed by atoms with E-state index in [1.807, 2.05) is 32.0 Å². The highest BCUT2D eigenvalue weighted by Gasteiger charge is 2.11. The Balaban J connectivity index is 1.73. The lowest BCUT2D eigenvalue weighted by Gasteiger charge is -2.04. The summed E-state index contributed by atoms with van der Waals surface area (Å²) in [6.45, 7) is 4.00. The number of thioether (sulfide) groups is 1. The molecule has 0 amide bonds. The molecule has 0 fully saturated rings. The number of fused-ring (bicyclic) bond motifs is 1. The molecule has 2 heterocycles. The topological polar surface area (TPSA) is 55.0 Å². The number of nitrogens with zero attached hydrogens (tertiary/aromatic N) is 1. The predicted molar refractivity (Wildman–Crippen MR) is 97.7 cm³/mol. The van der Waals surface area contributed by atoms with E-state index < -0.39 is 0 Å². The van der Waals surface area contributed by atoms with Gasteiger partial charge in [0, 0.05) is 10.6 Å². The van der Waals surface area contributed by atoms with Gasteiger partial charge in [0.25, 0.3) is 5.56 Å². The molecule has 0 atom stereocenters. The summed E-state index contributed by atoms with van der Waals surface area (Å²) in [5.41, 5.74) is 2.20. The second-order valence-corrected chi connectivity index (χ2v) is 7.51. The molecule has 120 valence electrons. The van der Waals surface area contributed by atoms with Crippen LogP contribution in [-0.2, 0) is 11.5 Å². The molecule has 3 rings (SSSR count). The fraction of sp³-hybridized carbons (Fsp3) is 0.294. The Labute approximate surface area is 142 Å². The summed E-state index contributed by atoms with van der Waals surface area (Å²) in [6.07, 6.45) is 0. The van der Waals surface area contributed by atoms with E-state index in [1.54, 1.807) is 30.2 Å². The number of hydrogen-bond donors (Lipinski definition) is 1. The fourth-order valence-electron chi connectivity index (χ4n) is 2.40. The number of rotatable bonds is 5. The zero-order chi connectivity index (χ0) is 16.4. The zero-order valence-corrected chi connectivity index (χ0v) is 14.9. The van der Waals surface area contributed by atoms with Crippen LogP contribution in [0.1, 0.15) is 21.8 Å². The van der Waals surface area contributed by atoms with Crippen molar-refractivity contribution in [2.24, 2.45) is 0 Å². The van der Waals surface area contributed by atoms with Crippen molar-refractivity contribution < 1.29 is 4.74 Å². The number of ether oxygens (including phenoxy) is 1. The van der Waals surface area contributed by atoms with Crippen molar-refractivity contribution in [1.82, 2.24) is 9.97 Å². The summed E-state index contributed by atoms with van der Waals surface area (Å²) in [5.74, 6) is 3.12. The van der Waals surface area contributed by atoms with Crippen LogP contribution in [0, 0.1) is 13.8 Å². The number of benzene rings is 1. The Morgan fingerprint density at radius 1 is 1.30 bits per heavy atom. The van der Waals surface area contributed by atoms with E-state index in [4.69, 9.17) is 4.74 Å². The monoisotopic (exact) mass is 346 g/mol. The molecule has 2 aromatic heterocycles. The Kier molecular flexibility index (Phi) is 4.73. The maximum absolute atomic E-state index is 12.2. The van der Waals surface area contributed by atoms with Gasteiger partial charge < -0.3 is 9.72 Å². The third-order valence-electron chi connectivity index (χ3n) is 3.73. The van der Waals surface area contributed by atoms with Crippen molar-refractivity contribution >= 4 is 33.3 Å². The van der Waals surface area contributed by atoms with E-state index in [0.29, 0.717) is 5.75 Å². The first-order valence-corrected chi connectivity index (χ1v) is 9.25. The largest absolute Gasteiger partial charge is 0.497 e. The van der Waals surface area contributed by atoms with Crippen molar-refractivity contribution in [3.8, 4) is 5.75 Å². The molecule has 0 aliphatic carbocycles. The summed E-state index contributed by atoms with van der Waals surface area (Å²) >= 11 is 3.31. The maximum atomic E-state index is 12.2. The number of nitrogens with one attached hydrogen (secondary N) is 1. The van der Waals surface area contributed by atoms with E-state index in [1.165, 1.54) is 5.56 Å². The molecule has 1 N–H and O–H groups in total. The first-order chi connectivity index (χ1) is 11.1. The van der Waals surface area contributed by atoms with Gasteiger partial charge in [0.2, 0.25) is 0 Å². The van der Waals surface area contributed by atoms with E-state index >= 15 is 0 Å². The summed E-state index contributed by atoms with van der Waals surface area (Å²) < 4.78 is 5.23. The van der Waals surface area contributed by atoms with Crippen molar-refractivity contribution in [2.45, 2.75) is 25.4 Å². The number of aromatic nitrogens is 2. The van der Waals surface area contributed by atoms with Gasteiger partial charge in [0.1, 0.15) is 16.4 Å². The minimum Gasteiger partial charge on any atom is -0.497 e. The predicted octanol–water partition coefficient (Wildman–Crippen LogP) is 4.04. The van der Waals surface area contributed by atoms with Gasteiger partial charge in [0.05, 0.1) is 18.2 Å². The number of hydrogen-bond acceptors (Lipinski definition) is 5. The van der Waals surface area contributed by atoms with Crippen molar-refractivity contribution in [3.05, 3.63) is 56.4 Å². The lowest BCUT2D eigenvalue weighted by Crippen LogP contribution is -2.10. The summed E-state index contributed by atoms with van der Waals surface area (Å²) in [5, 5.41) is 0.731. The normalized spacial score (nSPS) is 11.1. The van der Waals surface area contributed by atoms with Crippen LogP contribution < -0.4 is 10.3 Å². The molecule has 0 radical (unpaired) electrons. The van der Waals surface area contributed by atoms with Crippen LogP contribution in [0.2, 0.25) is 0 Å². The summed E-state index contributed by atoms with van der Waals surface area (Å²) in [7, 11) is 1.67. The highest BCUT2D eigenvalue weighted by Crippen LogP contribution is 2.26. The highest BCUT2D eigenvalue weighted by atomic mass is 32.2. The van der Waals surface area contributed by atoms with Gasteiger partial charge in [-0.15, -0.1) is 23.1 Å². The molecule has 23 heavy (non-hydrogen) atoms. The number of thiophene rings is 1. The van der Waals surface area contributed by atoms with Gasteiger partial charge in [-0.2, -0.15) is 0 Å². The van der Waals surface area contributed by atoms with Crippen LogP contribution in [0.3, 0.4) is 0 Å². The Hall–Kier alpha value is -1.79. The van der Waals surface area contributed by atoms with Gasteiger partial charge in [0.15, 0.2) is 0 Å². The SMILES string of the molecule is COc1cccc(CSCc2nc3sc(C)c(C)c3c(=O)[nH]2)c1. The third kappa shape index (κ3) is 3.43. The Bertz CT molecular complexity index is 899. The number of H-pyrrole nitrogens is 1. The molecule has 0 saturated carbocycles. The first kappa shape index (κ1) is 16.1. The van der Waals surface area contributed by atoms with Gasteiger partial charge in [-0.25, -0.2) is 4.98 Å². The second kappa shape index (κ2) is 6.76. The molecule has 0 aliphatic rings. The Morgan fingerprint density at radius 2 is 2.13 bits per heavy atom. The van der Waals surface area contributed by atoms with Crippen molar-refractivity contribution in [2.75, 3.05) is 7.11 Å². The van der Waals surface area contributed by atoms with E-state index in [2.05, 4.69) is 16.0 Å². The number of methoxy groups -OCH3 is 1. The standard InChI is InChI=1S/C17H18N2O2S2/c1-10-11(2)23-17-15(10)16(20)18-14(19-17)9-22-8-12-5-4-6-13(7-12)21-3/h4-7H,8-9H2,1-3H3,(H,18,19,20). The maximum Gasteiger partial charge on any atom is 0.259 e. The average Bonchev–Trinajstić information content (AvgIpc) is 2.82. The fourth-order valence-corrected chi connectivity index (χ4v) is 4.29. The molecule has 0 aliphatic heterocycles. The Morgan fingerprint density at radius 3 is 2.91 bits per heavy atom. The van der Waals surface area contributed by atoms with Crippen LogP contribution in [0.5, 0.6) is 5.75 Å². The highest BCUT2D eigenvalue weighted by molar-refractivity contribution is 7.97. The lowest BCUT2D eigenvalue weighted by atomic mass is 10.2. The second-order valence-electron chi connectivity index (χ2n) is 5.32. The minimum absolute atomic E-state index is 0.0335. The zero-order valence-electron chi connectivity index (χ0n) is 13.3. The van der Waals surface area contributed by atoms with E-state index in [-0.39, 0.29) is 5.56 Å². The quantitative estimate of drug-likeness (QED) is 0.757. The smallest absolute Gasteiger partial charge is 0.259 e. The van der Waals surface area contributed by atoms with Gasteiger partial charge in [-0.3, -0.25) is 4.79 Å². The number of aryl methyl sites for hydroxylation is 2. The van der Waals surface area contributed by atoms with Gasteiger partial charge in [-0.1, -0.05) is 12.1 Å². The first-order valence-electron chi connectivity index (χ1n) is 7.28. The van der Waals surface area contributed by atoms with Crippen LogP contribution >= 0.6 is 23.1 Å². The van der Waals surface area contributed by atoms with Gasteiger partial charge in [-0.05, 0) is 37.1 Å². The van der Waals surface area contributed by atoms with E-state index in [0.717, 1.165) is 38.0 Å². The van der Waals surface area contributed by atoms with Crippen LogP contribution in [0.4, 0.5) is 0 Å². The molecule has 4 nitrogen and oxygen atoms in total. The minimum atomic E-state index is -0.0335. The molecular weight excluding hydrogens is 328 g/mol. The molecule has 6 heteroatoms. The summed E-state index contributed by atoms with van der Waals surface area (Å²) in [6, 6.07) is 8.01.